The van der Waals surface area contributed by atoms with E-state index in [4.69, 9.17) is 0 Å². The van der Waals surface area contributed by atoms with Crippen LogP contribution in [-0.2, 0) is 4.74 Å². The molecule has 0 aromatic carbocycles. The van der Waals surface area contributed by atoms with E-state index in [1.165, 1.54) is 13.3 Å². The maximum atomic E-state index is 11.7. The first-order chi connectivity index (χ1) is 9.17. The van der Waals surface area contributed by atoms with Gasteiger partial charge in [0.05, 0.1) is 7.11 Å². The Balaban J connectivity index is 2.46. The minimum absolute atomic E-state index is 0.0358. The molecule has 8 heteroatoms. The molecule has 0 unspecified atom stereocenters. The number of hydrogen-bond donors (Lipinski definition) is 3. The van der Waals surface area contributed by atoms with Gasteiger partial charge in [-0.1, -0.05) is 0 Å². The van der Waals surface area contributed by atoms with Gasteiger partial charge in [-0.05, 0) is 6.92 Å². The van der Waals surface area contributed by atoms with E-state index in [9.17, 15) is 9.59 Å². The zero-order valence-electron chi connectivity index (χ0n) is 10.5. The molecular formula is C11H13N5O3. The number of H-pyrrole nitrogens is 2. The van der Waals surface area contributed by atoms with E-state index < -0.39 is 11.9 Å². The minimum Gasteiger partial charge on any atom is -0.464 e. The van der Waals surface area contributed by atoms with Crippen LogP contribution in [0.3, 0.4) is 0 Å². The van der Waals surface area contributed by atoms with Crippen LogP contribution >= 0.6 is 0 Å². The SMILES string of the molecule is CCNC(=O)c1nc(-c2ncc[nH]2)c(C(=O)OC)[nH]1. The Labute approximate surface area is 108 Å². The molecule has 0 aliphatic carbocycles. The Hall–Kier alpha value is -2.64. The quantitative estimate of drug-likeness (QED) is 0.688. The molecule has 100 valence electrons. The fraction of sp³-hybridized carbons (Fsp3) is 0.273. The van der Waals surface area contributed by atoms with E-state index in [-0.39, 0.29) is 17.2 Å². The summed E-state index contributed by atoms with van der Waals surface area (Å²) in [5.41, 5.74) is 0.330. The molecular weight excluding hydrogens is 250 g/mol. The lowest BCUT2D eigenvalue weighted by atomic mass is 10.3. The average molecular weight is 263 g/mol. The maximum Gasteiger partial charge on any atom is 0.356 e. The smallest absolute Gasteiger partial charge is 0.356 e. The molecule has 2 aromatic heterocycles. The number of nitrogens with one attached hydrogen (secondary N) is 3. The van der Waals surface area contributed by atoms with Gasteiger partial charge >= 0.3 is 5.97 Å². The predicted molar refractivity (Wildman–Crippen MR) is 65.5 cm³/mol. The first-order valence-corrected chi connectivity index (χ1v) is 5.63. The lowest BCUT2D eigenvalue weighted by Crippen LogP contribution is -2.24. The van der Waals surface area contributed by atoms with Crippen molar-refractivity contribution in [2.24, 2.45) is 0 Å². The molecule has 0 atom stereocenters. The van der Waals surface area contributed by atoms with Crippen LogP contribution in [0.1, 0.15) is 28.0 Å². The summed E-state index contributed by atoms with van der Waals surface area (Å²) in [6, 6.07) is 0. The zero-order valence-corrected chi connectivity index (χ0v) is 10.5. The summed E-state index contributed by atoms with van der Waals surface area (Å²) in [7, 11) is 1.25. The number of imidazole rings is 2. The van der Waals surface area contributed by atoms with Gasteiger partial charge in [-0.3, -0.25) is 4.79 Å². The molecule has 0 radical (unpaired) electrons. The number of carbonyl (C=O) groups excluding carboxylic acids is 2. The van der Waals surface area contributed by atoms with Gasteiger partial charge in [-0.25, -0.2) is 14.8 Å². The van der Waals surface area contributed by atoms with Crippen molar-refractivity contribution in [2.75, 3.05) is 13.7 Å². The van der Waals surface area contributed by atoms with Crippen LogP contribution in [0.5, 0.6) is 0 Å². The molecule has 0 aliphatic heterocycles. The number of ether oxygens (including phenoxy) is 1. The number of aromatic nitrogens is 4. The highest BCUT2D eigenvalue weighted by molar-refractivity contribution is 5.97. The fourth-order valence-electron chi connectivity index (χ4n) is 1.54. The second kappa shape index (κ2) is 5.34. The first kappa shape index (κ1) is 12.8. The monoisotopic (exact) mass is 263 g/mol. The number of methoxy groups -OCH3 is 1. The number of rotatable bonds is 4. The van der Waals surface area contributed by atoms with Gasteiger partial charge in [0.1, 0.15) is 5.69 Å². The van der Waals surface area contributed by atoms with Gasteiger partial charge in [0.25, 0.3) is 5.91 Å². The molecule has 19 heavy (non-hydrogen) atoms. The number of hydrogen-bond acceptors (Lipinski definition) is 5. The van der Waals surface area contributed by atoms with Gasteiger partial charge in [-0.2, -0.15) is 0 Å². The summed E-state index contributed by atoms with van der Waals surface area (Å²) in [5.74, 6) is -0.597. The van der Waals surface area contributed by atoms with E-state index in [1.54, 1.807) is 13.1 Å². The van der Waals surface area contributed by atoms with Crippen LogP contribution in [0.25, 0.3) is 11.5 Å². The van der Waals surface area contributed by atoms with Crippen molar-refractivity contribution in [1.29, 1.82) is 0 Å². The summed E-state index contributed by atoms with van der Waals surface area (Å²) in [4.78, 5) is 36.9. The highest BCUT2D eigenvalue weighted by Gasteiger charge is 2.23. The Morgan fingerprint density at radius 3 is 2.84 bits per heavy atom. The molecule has 2 heterocycles. The lowest BCUT2D eigenvalue weighted by molar-refractivity contribution is 0.0595. The van der Waals surface area contributed by atoms with Crippen LogP contribution in [0, 0.1) is 0 Å². The van der Waals surface area contributed by atoms with Gasteiger partial charge in [0, 0.05) is 18.9 Å². The van der Waals surface area contributed by atoms with E-state index >= 15 is 0 Å². The van der Waals surface area contributed by atoms with Gasteiger partial charge in [-0.15, -0.1) is 0 Å². The maximum absolute atomic E-state index is 11.7. The van der Waals surface area contributed by atoms with Crippen LogP contribution in [0.4, 0.5) is 0 Å². The third-order valence-corrected chi connectivity index (χ3v) is 2.37. The summed E-state index contributed by atoms with van der Waals surface area (Å²) in [5, 5.41) is 2.59. The van der Waals surface area contributed by atoms with Crippen molar-refractivity contribution in [3.8, 4) is 11.5 Å². The fourth-order valence-corrected chi connectivity index (χ4v) is 1.54. The van der Waals surface area contributed by atoms with Crippen molar-refractivity contribution in [3.63, 3.8) is 0 Å². The van der Waals surface area contributed by atoms with Crippen molar-refractivity contribution in [2.45, 2.75) is 6.92 Å². The molecule has 0 bridgehead atoms. The molecule has 0 fully saturated rings. The number of esters is 1. The molecule has 2 aromatic rings. The second-order valence-electron chi connectivity index (χ2n) is 3.60. The summed E-state index contributed by atoms with van der Waals surface area (Å²) in [6.45, 7) is 2.25. The van der Waals surface area contributed by atoms with Crippen LogP contribution in [-0.4, -0.2) is 45.5 Å². The third kappa shape index (κ3) is 2.46. The highest BCUT2D eigenvalue weighted by Crippen LogP contribution is 2.18. The van der Waals surface area contributed by atoms with Gasteiger partial charge in [0.15, 0.2) is 17.3 Å². The average Bonchev–Trinajstić information content (AvgIpc) is 3.06. The minimum atomic E-state index is -0.616. The number of carbonyl (C=O) groups is 2. The van der Waals surface area contributed by atoms with Crippen LogP contribution < -0.4 is 5.32 Å². The van der Waals surface area contributed by atoms with Crippen molar-refractivity contribution in [1.82, 2.24) is 25.3 Å². The second-order valence-corrected chi connectivity index (χ2v) is 3.60. The number of aromatic amines is 2. The normalized spacial score (nSPS) is 10.2. The molecule has 0 spiro atoms. The Kier molecular flexibility index (Phi) is 3.60. The Morgan fingerprint density at radius 2 is 2.26 bits per heavy atom. The van der Waals surface area contributed by atoms with E-state index in [0.29, 0.717) is 12.4 Å². The summed E-state index contributed by atoms with van der Waals surface area (Å²) >= 11 is 0. The van der Waals surface area contributed by atoms with Crippen molar-refractivity contribution in [3.05, 3.63) is 23.9 Å². The molecule has 0 aliphatic rings. The van der Waals surface area contributed by atoms with Crippen molar-refractivity contribution >= 4 is 11.9 Å². The highest BCUT2D eigenvalue weighted by atomic mass is 16.5. The standard InChI is InChI=1S/C11H13N5O3/c1-3-12-10(17)9-15-6(8-13-4-5-14-8)7(16-9)11(18)19-2/h4-5H,3H2,1-2H3,(H,12,17)(H,13,14)(H,15,16). The molecule has 0 saturated heterocycles. The number of amides is 1. The lowest BCUT2D eigenvalue weighted by Gasteiger charge is -1.97. The van der Waals surface area contributed by atoms with Gasteiger partial charge in [0.2, 0.25) is 0 Å². The molecule has 0 saturated carbocycles. The van der Waals surface area contributed by atoms with E-state index in [0.717, 1.165) is 0 Å². The van der Waals surface area contributed by atoms with Crippen LogP contribution in [0.2, 0.25) is 0 Å². The Bertz CT molecular complexity index is 588. The van der Waals surface area contributed by atoms with E-state index in [2.05, 4.69) is 30.0 Å². The van der Waals surface area contributed by atoms with Gasteiger partial charge < -0.3 is 20.0 Å². The Morgan fingerprint density at radius 1 is 1.47 bits per heavy atom. The zero-order chi connectivity index (χ0) is 13.8. The first-order valence-electron chi connectivity index (χ1n) is 5.63. The number of nitrogens with zero attached hydrogens (tertiary/aromatic N) is 2. The molecule has 1 amide bonds. The predicted octanol–water partition coefficient (Wildman–Crippen LogP) is 0.336. The third-order valence-electron chi connectivity index (χ3n) is 2.37. The molecule has 2 rings (SSSR count). The van der Waals surface area contributed by atoms with E-state index in [1.807, 2.05) is 0 Å². The van der Waals surface area contributed by atoms with Crippen LogP contribution in [0.15, 0.2) is 12.4 Å². The van der Waals surface area contributed by atoms with Crippen molar-refractivity contribution < 1.29 is 14.3 Å². The molecule has 3 N–H and O–H groups in total. The molecule has 8 nitrogen and oxygen atoms in total. The summed E-state index contributed by atoms with van der Waals surface area (Å²) < 4.78 is 4.64. The largest absolute Gasteiger partial charge is 0.464 e. The summed E-state index contributed by atoms with van der Waals surface area (Å²) in [6.07, 6.45) is 3.12. The topological polar surface area (TPSA) is 113 Å².